The third kappa shape index (κ3) is 4.18. The lowest BCUT2D eigenvalue weighted by Crippen LogP contribution is -2.38. The zero-order valence-corrected chi connectivity index (χ0v) is 11.3. The van der Waals surface area contributed by atoms with Gasteiger partial charge in [0, 0.05) is 19.5 Å². The Morgan fingerprint density at radius 2 is 2.10 bits per heavy atom. The molecule has 0 saturated carbocycles. The molecule has 0 aliphatic heterocycles. The minimum absolute atomic E-state index is 0.0185. The van der Waals surface area contributed by atoms with E-state index in [1.165, 1.54) is 11.0 Å². The van der Waals surface area contributed by atoms with E-state index in [9.17, 15) is 13.6 Å². The number of hydrogen-bond acceptors (Lipinski definition) is 3. The first kappa shape index (κ1) is 15.9. The summed E-state index contributed by atoms with van der Waals surface area (Å²) in [5, 5.41) is 11.3. The fourth-order valence-corrected chi connectivity index (χ4v) is 1.68. The molecular weight excluding hydrogens is 268 g/mol. The molecule has 1 amide bonds. The van der Waals surface area contributed by atoms with Gasteiger partial charge in [0.25, 0.3) is 0 Å². The Balaban J connectivity index is 2.67. The van der Waals surface area contributed by atoms with Crippen molar-refractivity contribution in [2.75, 3.05) is 7.05 Å². The van der Waals surface area contributed by atoms with E-state index in [4.69, 9.17) is 10.9 Å². The third-order valence-corrected chi connectivity index (χ3v) is 3.03. The molecule has 3 N–H and O–H groups in total. The fraction of sp³-hybridized carbons (Fsp3) is 0.385. The normalized spacial score (nSPS) is 13.1. The van der Waals surface area contributed by atoms with Crippen molar-refractivity contribution in [3.8, 4) is 0 Å². The molecule has 0 aromatic heterocycles. The number of halogens is 2. The molecule has 1 unspecified atom stereocenters. The minimum Gasteiger partial charge on any atom is -0.409 e. The van der Waals surface area contributed by atoms with Crippen molar-refractivity contribution in [3.05, 3.63) is 35.4 Å². The van der Waals surface area contributed by atoms with Gasteiger partial charge >= 0.3 is 0 Å². The van der Waals surface area contributed by atoms with Crippen molar-refractivity contribution in [3.63, 3.8) is 0 Å². The van der Waals surface area contributed by atoms with Crippen LogP contribution in [0, 0.1) is 11.6 Å². The van der Waals surface area contributed by atoms with Crippen molar-refractivity contribution >= 4 is 11.7 Å². The quantitative estimate of drug-likeness (QED) is 0.372. The standard InChI is InChI=1S/C13H17F2N3O2/c1-8(5-12(16)17-20)18(2)13(19)7-9-3-4-10(14)11(15)6-9/h3-4,6,8,20H,5,7H2,1-2H3,(H2,16,17). The van der Waals surface area contributed by atoms with Gasteiger partial charge in [-0.2, -0.15) is 0 Å². The van der Waals surface area contributed by atoms with Crippen molar-refractivity contribution < 1.29 is 18.8 Å². The maximum absolute atomic E-state index is 13.0. The van der Waals surface area contributed by atoms with E-state index in [0.717, 1.165) is 12.1 Å². The molecule has 1 rings (SSSR count). The van der Waals surface area contributed by atoms with Gasteiger partial charge in [0.15, 0.2) is 11.6 Å². The van der Waals surface area contributed by atoms with E-state index in [0.29, 0.717) is 5.56 Å². The lowest BCUT2D eigenvalue weighted by Gasteiger charge is -2.24. The average molecular weight is 285 g/mol. The molecule has 110 valence electrons. The maximum atomic E-state index is 13.0. The Kier molecular flexibility index (Phi) is 5.42. The highest BCUT2D eigenvalue weighted by Crippen LogP contribution is 2.11. The second-order valence-corrected chi connectivity index (χ2v) is 4.57. The SMILES string of the molecule is CC(C/C(N)=N/O)N(C)C(=O)Cc1ccc(F)c(F)c1. The fourth-order valence-electron chi connectivity index (χ4n) is 1.68. The van der Waals surface area contributed by atoms with Crippen LogP contribution in [-0.2, 0) is 11.2 Å². The largest absolute Gasteiger partial charge is 0.409 e. The lowest BCUT2D eigenvalue weighted by atomic mass is 10.1. The average Bonchev–Trinajstić information content (AvgIpc) is 2.41. The number of oxime groups is 1. The summed E-state index contributed by atoms with van der Waals surface area (Å²) in [6, 6.07) is 3.06. The number of carbonyl (C=O) groups is 1. The summed E-state index contributed by atoms with van der Waals surface area (Å²) >= 11 is 0. The number of rotatable bonds is 5. The smallest absolute Gasteiger partial charge is 0.226 e. The Bertz CT molecular complexity index is 520. The summed E-state index contributed by atoms with van der Waals surface area (Å²) in [6.07, 6.45) is 0.171. The van der Waals surface area contributed by atoms with Gasteiger partial charge in [0.05, 0.1) is 6.42 Å². The second kappa shape index (κ2) is 6.83. The van der Waals surface area contributed by atoms with Crippen molar-refractivity contribution in [1.82, 2.24) is 4.90 Å². The van der Waals surface area contributed by atoms with Crippen molar-refractivity contribution in [2.24, 2.45) is 10.9 Å². The van der Waals surface area contributed by atoms with Gasteiger partial charge in [-0.3, -0.25) is 4.79 Å². The molecule has 0 aliphatic rings. The first-order valence-corrected chi connectivity index (χ1v) is 6.01. The summed E-state index contributed by atoms with van der Waals surface area (Å²) in [4.78, 5) is 13.4. The topological polar surface area (TPSA) is 78.9 Å². The zero-order valence-electron chi connectivity index (χ0n) is 11.3. The summed E-state index contributed by atoms with van der Waals surface area (Å²) in [7, 11) is 1.57. The van der Waals surface area contributed by atoms with Crippen LogP contribution >= 0.6 is 0 Å². The molecule has 0 heterocycles. The monoisotopic (exact) mass is 285 g/mol. The highest BCUT2D eigenvalue weighted by atomic mass is 19.2. The van der Waals surface area contributed by atoms with Crippen LogP contribution in [0.1, 0.15) is 18.9 Å². The molecule has 1 aromatic carbocycles. The number of hydrogen-bond donors (Lipinski definition) is 2. The van der Waals surface area contributed by atoms with Gasteiger partial charge in [0.1, 0.15) is 5.84 Å². The van der Waals surface area contributed by atoms with Crippen LogP contribution < -0.4 is 5.73 Å². The van der Waals surface area contributed by atoms with E-state index < -0.39 is 11.6 Å². The second-order valence-electron chi connectivity index (χ2n) is 4.57. The van der Waals surface area contributed by atoms with Crippen molar-refractivity contribution in [2.45, 2.75) is 25.8 Å². The van der Waals surface area contributed by atoms with Gasteiger partial charge in [-0.05, 0) is 24.6 Å². The highest BCUT2D eigenvalue weighted by molar-refractivity contribution is 5.82. The van der Waals surface area contributed by atoms with Gasteiger partial charge in [0.2, 0.25) is 5.91 Å². The number of amidine groups is 1. The van der Waals surface area contributed by atoms with Crippen LogP contribution in [0.15, 0.2) is 23.4 Å². The number of nitrogens with zero attached hydrogens (tertiary/aromatic N) is 2. The molecule has 0 spiro atoms. The summed E-state index contributed by atoms with van der Waals surface area (Å²) in [5.41, 5.74) is 5.76. The van der Waals surface area contributed by atoms with Crippen LogP contribution in [0.25, 0.3) is 0 Å². The van der Waals surface area contributed by atoms with Crippen LogP contribution in [-0.4, -0.2) is 34.9 Å². The first-order chi connectivity index (χ1) is 9.35. The Morgan fingerprint density at radius 3 is 2.65 bits per heavy atom. The number of benzene rings is 1. The Labute approximate surface area is 115 Å². The summed E-state index contributed by atoms with van der Waals surface area (Å²) < 4.78 is 25.8. The van der Waals surface area contributed by atoms with E-state index in [1.54, 1.807) is 14.0 Å². The van der Waals surface area contributed by atoms with E-state index in [2.05, 4.69) is 5.16 Å². The molecule has 0 fully saturated rings. The zero-order chi connectivity index (χ0) is 15.3. The Hall–Kier alpha value is -2.18. The summed E-state index contributed by atoms with van der Waals surface area (Å²) in [5.74, 6) is -2.18. The maximum Gasteiger partial charge on any atom is 0.226 e. The van der Waals surface area contributed by atoms with Gasteiger partial charge in [-0.15, -0.1) is 0 Å². The van der Waals surface area contributed by atoms with E-state index in [-0.39, 0.29) is 30.6 Å². The van der Waals surface area contributed by atoms with Gasteiger partial charge in [-0.25, -0.2) is 8.78 Å². The molecule has 1 atom stereocenters. The molecule has 0 saturated heterocycles. The first-order valence-electron chi connectivity index (χ1n) is 6.01. The number of nitrogens with two attached hydrogens (primary N) is 1. The highest BCUT2D eigenvalue weighted by Gasteiger charge is 2.18. The summed E-state index contributed by atoms with van der Waals surface area (Å²) in [6.45, 7) is 1.74. The van der Waals surface area contributed by atoms with Crippen LogP contribution in [0.2, 0.25) is 0 Å². The molecule has 1 aromatic rings. The van der Waals surface area contributed by atoms with Crippen LogP contribution in [0.5, 0.6) is 0 Å². The molecule has 0 radical (unpaired) electrons. The van der Waals surface area contributed by atoms with E-state index >= 15 is 0 Å². The van der Waals surface area contributed by atoms with Crippen molar-refractivity contribution in [1.29, 1.82) is 0 Å². The molecular formula is C13H17F2N3O2. The van der Waals surface area contributed by atoms with Gasteiger partial charge < -0.3 is 15.8 Å². The molecule has 7 heteroatoms. The molecule has 0 aliphatic carbocycles. The molecule has 0 bridgehead atoms. The predicted octanol–water partition coefficient (Wildman–Crippen LogP) is 1.49. The number of amides is 1. The van der Waals surface area contributed by atoms with Gasteiger partial charge in [-0.1, -0.05) is 11.2 Å². The lowest BCUT2D eigenvalue weighted by molar-refractivity contribution is -0.130. The molecule has 20 heavy (non-hydrogen) atoms. The predicted molar refractivity (Wildman–Crippen MR) is 70.3 cm³/mol. The third-order valence-electron chi connectivity index (χ3n) is 3.03. The number of likely N-dealkylation sites (N-methyl/N-ethyl adjacent to an activating group) is 1. The number of carbonyl (C=O) groups excluding carboxylic acids is 1. The van der Waals surface area contributed by atoms with Crippen LogP contribution in [0.3, 0.4) is 0 Å². The minimum atomic E-state index is -0.984. The molecule has 5 nitrogen and oxygen atoms in total. The van der Waals surface area contributed by atoms with E-state index in [1.807, 2.05) is 0 Å². The Morgan fingerprint density at radius 1 is 1.45 bits per heavy atom. The van der Waals surface area contributed by atoms with Crippen LogP contribution in [0.4, 0.5) is 8.78 Å².